The van der Waals surface area contributed by atoms with Crippen LogP contribution < -0.4 is 0 Å². The summed E-state index contributed by atoms with van der Waals surface area (Å²) in [6.07, 6.45) is 3.50. The van der Waals surface area contributed by atoms with Gasteiger partial charge in [-0.2, -0.15) is 0 Å². The van der Waals surface area contributed by atoms with Crippen LogP contribution in [0.4, 0.5) is 0 Å². The monoisotopic (exact) mass is 241 g/mol. The summed E-state index contributed by atoms with van der Waals surface area (Å²) >= 11 is 0. The molecule has 1 nitrogen and oxygen atoms in total. The Labute approximate surface area is 111 Å². The van der Waals surface area contributed by atoms with Crippen molar-refractivity contribution in [2.45, 2.75) is 69.2 Å². The van der Waals surface area contributed by atoms with Crippen molar-refractivity contribution in [2.75, 3.05) is 0 Å². The Morgan fingerprint density at radius 1 is 0.588 bits per heavy atom. The number of hydrogen-bond donors (Lipinski definition) is 0. The largest absolute Gasteiger partial charge is 0.265 e. The van der Waals surface area contributed by atoms with E-state index in [1.54, 1.807) is 12.4 Å². The van der Waals surface area contributed by atoms with Crippen molar-refractivity contribution in [3.05, 3.63) is 30.6 Å². The Balaban J connectivity index is -0.0000000701. The average Bonchev–Trinajstić information content (AvgIpc) is 2.37. The lowest BCUT2D eigenvalue weighted by molar-refractivity contribution is 0.469. The molecule has 0 radical (unpaired) electrons. The minimum absolute atomic E-state index is 0.500. The topological polar surface area (TPSA) is 12.9 Å². The fraction of sp³-hybridized carbons (Fsp3) is 0.688. The van der Waals surface area contributed by atoms with Crippen molar-refractivity contribution in [1.82, 2.24) is 4.98 Å². The van der Waals surface area contributed by atoms with Crippen LogP contribution in [0.15, 0.2) is 30.6 Å². The van der Waals surface area contributed by atoms with Crippen molar-refractivity contribution in [1.29, 1.82) is 0 Å². The molecule has 0 bridgehead atoms. The van der Waals surface area contributed by atoms with E-state index in [0.717, 1.165) is 0 Å². The third kappa shape index (κ3) is 98.8. The first-order valence-corrected chi connectivity index (χ1v) is 6.85. The Kier molecular flexibility index (Phi) is 36.0. The number of pyridine rings is 1. The molecule has 1 aromatic rings. The van der Waals surface area contributed by atoms with Gasteiger partial charge in [-0.15, -0.1) is 0 Å². The molecule has 0 N–H and O–H groups in total. The minimum Gasteiger partial charge on any atom is -0.265 e. The van der Waals surface area contributed by atoms with E-state index in [9.17, 15) is 0 Å². The first-order chi connectivity index (χ1) is 8.00. The molecule has 0 spiro atoms. The number of nitrogens with zero attached hydrogens (tertiary/aromatic N) is 1. The number of aromatic nitrogens is 1. The zero-order chi connectivity index (χ0) is 14.7. The lowest BCUT2D eigenvalue weighted by Gasteiger charge is -2.05. The molecule has 1 aromatic heterocycles. The van der Waals surface area contributed by atoms with Gasteiger partial charge in [0.2, 0.25) is 0 Å². The van der Waals surface area contributed by atoms with Crippen molar-refractivity contribution in [3.63, 3.8) is 0 Å². The molecule has 0 saturated heterocycles. The molecule has 1 heteroatoms. The first kappa shape index (κ1) is 25.1. The molecule has 0 aliphatic heterocycles. The lowest BCUT2D eigenvalue weighted by atomic mass is 10.0. The summed E-state index contributed by atoms with van der Waals surface area (Å²) < 4.78 is 0. The summed E-state index contributed by atoms with van der Waals surface area (Å²) in [6.45, 7) is 20.8. The van der Waals surface area contributed by atoms with Crippen molar-refractivity contribution in [3.8, 4) is 0 Å². The van der Waals surface area contributed by atoms with E-state index in [0.29, 0.717) is 5.41 Å². The summed E-state index contributed by atoms with van der Waals surface area (Å²) in [7, 11) is 0. The summed E-state index contributed by atoms with van der Waals surface area (Å²) in [6, 6.07) is 5.72. The maximum atomic E-state index is 3.78. The van der Waals surface area contributed by atoms with Crippen LogP contribution in [0.5, 0.6) is 0 Å². The summed E-state index contributed by atoms with van der Waals surface area (Å²) in [5.41, 5.74) is 0.500. The third-order valence-electron chi connectivity index (χ3n) is 0.566. The van der Waals surface area contributed by atoms with E-state index >= 15 is 0 Å². The van der Waals surface area contributed by atoms with Gasteiger partial charge in [0, 0.05) is 12.4 Å². The third-order valence-corrected chi connectivity index (χ3v) is 0.566. The van der Waals surface area contributed by atoms with Crippen molar-refractivity contribution < 1.29 is 0 Å². The Morgan fingerprint density at radius 2 is 0.824 bits per heavy atom. The molecule has 0 aromatic carbocycles. The normalized spacial score (nSPS) is 7.41. The molecule has 0 saturated carbocycles. The van der Waals surface area contributed by atoms with Crippen molar-refractivity contribution in [2.24, 2.45) is 5.41 Å². The Bertz CT molecular complexity index is 130. The van der Waals surface area contributed by atoms with Crippen LogP contribution in [-0.4, -0.2) is 4.98 Å². The molecular formula is C16H35N. The quantitative estimate of drug-likeness (QED) is 0.526. The van der Waals surface area contributed by atoms with Gasteiger partial charge < -0.3 is 0 Å². The van der Waals surface area contributed by atoms with Gasteiger partial charge in [-0.05, 0) is 17.5 Å². The second-order valence-electron chi connectivity index (χ2n) is 4.02. The summed E-state index contributed by atoms with van der Waals surface area (Å²) in [5.74, 6) is 0. The van der Waals surface area contributed by atoms with E-state index in [-0.39, 0.29) is 0 Å². The maximum absolute atomic E-state index is 3.78. The molecule has 0 unspecified atom stereocenters. The fourth-order valence-electron chi connectivity index (χ4n) is 0.313. The van der Waals surface area contributed by atoms with Gasteiger partial charge in [0.25, 0.3) is 0 Å². The van der Waals surface area contributed by atoms with E-state index < -0.39 is 0 Å². The highest BCUT2D eigenvalue weighted by molar-refractivity contribution is 4.88. The maximum Gasteiger partial charge on any atom is 0.0267 e. The Hall–Kier alpha value is -0.850. The highest BCUT2D eigenvalue weighted by atomic mass is 14.6. The van der Waals surface area contributed by atoms with Crippen LogP contribution in [0.2, 0.25) is 0 Å². The van der Waals surface area contributed by atoms with Gasteiger partial charge >= 0.3 is 0 Å². The second kappa shape index (κ2) is 24.4. The molecular weight excluding hydrogens is 206 g/mol. The van der Waals surface area contributed by atoms with E-state index in [4.69, 9.17) is 0 Å². The fourth-order valence-corrected chi connectivity index (χ4v) is 0.313. The average molecular weight is 241 g/mol. The molecule has 0 atom stereocenters. The molecule has 0 aliphatic rings. The standard InChI is InChI=1S/C5H5N.C5H12.3C2H6/c1-2-4-6-5-3-1;1-5(2,3)4;3*1-2/h1-5H;1-4H3;3*1-2H3. The summed E-state index contributed by atoms with van der Waals surface area (Å²) in [4.78, 5) is 3.78. The highest BCUT2D eigenvalue weighted by Gasteiger charge is 1.95. The van der Waals surface area contributed by atoms with E-state index in [2.05, 4.69) is 32.7 Å². The summed E-state index contributed by atoms with van der Waals surface area (Å²) in [5, 5.41) is 0. The van der Waals surface area contributed by atoms with E-state index in [1.807, 2.05) is 59.7 Å². The number of hydrogen-bond acceptors (Lipinski definition) is 1. The molecule has 0 aliphatic carbocycles. The van der Waals surface area contributed by atoms with Gasteiger partial charge in [0.15, 0.2) is 0 Å². The zero-order valence-corrected chi connectivity index (χ0v) is 13.8. The Morgan fingerprint density at radius 3 is 0.882 bits per heavy atom. The molecule has 17 heavy (non-hydrogen) atoms. The minimum atomic E-state index is 0.500. The molecule has 1 rings (SSSR count). The lowest BCUT2D eigenvalue weighted by Crippen LogP contribution is -1.93. The van der Waals surface area contributed by atoms with Gasteiger partial charge in [0.1, 0.15) is 0 Å². The predicted molar refractivity (Wildman–Crippen MR) is 83.4 cm³/mol. The van der Waals surface area contributed by atoms with Crippen LogP contribution in [0, 0.1) is 5.41 Å². The predicted octanol–water partition coefficient (Wildman–Crippen LogP) is 6.21. The SMILES string of the molecule is CC.CC.CC.CC(C)(C)C.c1ccncc1. The molecule has 0 amide bonds. The highest BCUT2D eigenvalue weighted by Crippen LogP contribution is 2.08. The van der Waals surface area contributed by atoms with Crippen LogP contribution in [0.3, 0.4) is 0 Å². The van der Waals surface area contributed by atoms with Gasteiger partial charge in [0.05, 0.1) is 0 Å². The van der Waals surface area contributed by atoms with Crippen LogP contribution >= 0.6 is 0 Å². The van der Waals surface area contributed by atoms with Gasteiger partial charge in [-0.3, -0.25) is 4.98 Å². The van der Waals surface area contributed by atoms with Crippen LogP contribution in [-0.2, 0) is 0 Å². The van der Waals surface area contributed by atoms with Crippen molar-refractivity contribution >= 4 is 0 Å². The molecule has 0 fully saturated rings. The number of rotatable bonds is 0. The van der Waals surface area contributed by atoms with Crippen LogP contribution in [0.1, 0.15) is 69.2 Å². The van der Waals surface area contributed by atoms with Crippen LogP contribution in [0.25, 0.3) is 0 Å². The first-order valence-electron chi connectivity index (χ1n) is 6.85. The zero-order valence-electron chi connectivity index (χ0n) is 13.8. The molecule has 104 valence electrons. The van der Waals surface area contributed by atoms with Gasteiger partial charge in [-0.25, -0.2) is 0 Å². The smallest absolute Gasteiger partial charge is 0.0267 e. The van der Waals surface area contributed by atoms with Gasteiger partial charge in [-0.1, -0.05) is 75.3 Å². The molecule has 1 heterocycles. The van der Waals surface area contributed by atoms with E-state index in [1.165, 1.54) is 0 Å². The second-order valence-corrected chi connectivity index (χ2v) is 4.02.